The predicted molar refractivity (Wildman–Crippen MR) is 128 cm³/mol. The van der Waals surface area contributed by atoms with Gasteiger partial charge in [0.15, 0.2) is 10.7 Å². The Bertz CT molecular complexity index is 1340. The zero-order valence-electron chi connectivity index (χ0n) is 18.6. The average molecular weight is 466 g/mol. The number of aromatic amines is 1. The summed E-state index contributed by atoms with van der Waals surface area (Å²) in [6, 6.07) is 7.49. The molecule has 0 amide bonds. The highest BCUT2D eigenvalue weighted by Gasteiger charge is 2.25. The van der Waals surface area contributed by atoms with E-state index in [1.165, 1.54) is 12.1 Å². The fourth-order valence-corrected chi connectivity index (χ4v) is 4.64. The van der Waals surface area contributed by atoms with Gasteiger partial charge in [0.1, 0.15) is 17.3 Å². The molecule has 0 spiro atoms. The fourth-order valence-electron chi connectivity index (χ4n) is 3.77. The van der Waals surface area contributed by atoms with Crippen LogP contribution in [0.3, 0.4) is 0 Å². The first-order valence-corrected chi connectivity index (χ1v) is 11.7. The van der Waals surface area contributed by atoms with Crippen molar-refractivity contribution in [3.63, 3.8) is 0 Å². The van der Waals surface area contributed by atoms with E-state index in [0.29, 0.717) is 22.4 Å². The lowest BCUT2D eigenvalue weighted by Crippen LogP contribution is -2.25. The van der Waals surface area contributed by atoms with Gasteiger partial charge in [0.25, 0.3) is 0 Å². The Balaban J connectivity index is 1.80. The third-order valence-electron chi connectivity index (χ3n) is 5.55. The third-order valence-corrected chi connectivity index (χ3v) is 6.44. The van der Waals surface area contributed by atoms with E-state index in [1.807, 2.05) is 19.1 Å². The SMILES string of the molecule is [C-]#[N+]c1c(-c2ccc(O)cc2F)nc2n[nH]c(C)c2c1-c1ccc(SCCN(CC)CC)o1. The quantitative estimate of drug-likeness (QED) is 0.244. The monoisotopic (exact) mass is 465 g/mol. The van der Waals surface area contributed by atoms with Crippen LogP contribution in [-0.2, 0) is 0 Å². The zero-order chi connectivity index (χ0) is 23.5. The Hall–Kier alpha value is -3.35. The predicted octanol–water partition coefficient (Wildman–Crippen LogP) is 6.02. The van der Waals surface area contributed by atoms with Gasteiger partial charge >= 0.3 is 0 Å². The summed E-state index contributed by atoms with van der Waals surface area (Å²) in [6.07, 6.45) is 0. The van der Waals surface area contributed by atoms with E-state index in [0.717, 1.165) is 42.2 Å². The Morgan fingerprint density at radius 1 is 1.24 bits per heavy atom. The summed E-state index contributed by atoms with van der Waals surface area (Å²) >= 11 is 1.61. The number of hydrogen-bond donors (Lipinski definition) is 2. The molecule has 170 valence electrons. The molecule has 0 saturated heterocycles. The van der Waals surface area contributed by atoms with Crippen molar-refractivity contribution in [1.29, 1.82) is 0 Å². The first-order valence-electron chi connectivity index (χ1n) is 10.7. The minimum atomic E-state index is -0.669. The standard InChI is InChI=1S/C24H24FN5O2S/c1-5-30(6-2)11-12-33-19-10-9-18(32-19)21-20-14(3)28-29-24(20)27-22(23(21)26-4)16-8-7-15(31)13-17(16)25/h7-10,13,31H,5-6,11-12H2,1-3H3,(H,27,28,29). The van der Waals surface area contributed by atoms with Gasteiger partial charge in [-0.2, -0.15) is 5.10 Å². The molecule has 0 aliphatic heterocycles. The van der Waals surface area contributed by atoms with E-state index in [9.17, 15) is 9.50 Å². The summed E-state index contributed by atoms with van der Waals surface area (Å²) in [7, 11) is 0. The summed E-state index contributed by atoms with van der Waals surface area (Å²) in [6.45, 7) is 16.9. The number of halogens is 1. The summed E-state index contributed by atoms with van der Waals surface area (Å²) in [4.78, 5) is 10.5. The van der Waals surface area contributed by atoms with E-state index in [4.69, 9.17) is 11.0 Å². The van der Waals surface area contributed by atoms with Crippen molar-refractivity contribution in [1.82, 2.24) is 20.1 Å². The summed E-state index contributed by atoms with van der Waals surface area (Å²) in [5.74, 6) is 0.515. The van der Waals surface area contributed by atoms with Gasteiger partial charge in [-0.1, -0.05) is 25.6 Å². The number of phenols is 1. The molecule has 0 saturated carbocycles. The average Bonchev–Trinajstić information content (AvgIpc) is 3.42. The number of nitrogens with zero attached hydrogens (tertiary/aromatic N) is 4. The number of nitrogens with one attached hydrogen (secondary N) is 1. The highest BCUT2D eigenvalue weighted by molar-refractivity contribution is 7.99. The van der Waals surface area contributed by atoms with Crippen LogP contribution < -0.4 is 0 Å². The van der Waals surface area contributed by atoms with Crippen LogP contribution in [-0.4, -0.2) is 50.6 Å². The van der Waals surface area contributed by atoms with E-state index in [1.54, 1.807) is 11.8 Å². The topological polar surface area (TPSA) is 82.5 Å². The second kappa shape index (κ2) is 9.65. The largest absolute Gasteiger partial charge is 0.508 e. The van der Waals surface area contributed by atoms with Crippen LogP contribution in [0.4, 0.5) is 10.1 Å². The molecular formula is C24H24FN5O2S. The molecule has 0 aliphatic carbocycles. The Morgan fingerprint density at radius 3 is 2.73 bits per heavy atom. The van der Waals surface area contributed by atoms with Crippen LogP contribution >= 0.6 is 11.8 Å². The number of rotatable bonds is 8. The molecule has 7 nitrogen and oxygen atoms in total. The van der Waals surface area contributed by atoms with Crippen LogP contribution in [0.2, 0.25) is 0 Å². The molecule has 0 bridgehead atoms. The normalized spacial score (nSPS) is 11.4. The number of aryl methyl sites for hydroxylation is 1. The summed E-state index contributed by atoms with van der Waals surface area (Å²) < 4.78 is 20.8. The molecule has 1 aromatic carbocycles. The molecule has 0 radical (unpaired) electrons. The Labute approximate surface area is 195 Å². The lowest BCUT2D eigenvalue weighted by Gasteiger charge is -2.16. The molecular weight excluding hydrogens is 441 g/mol. The van der Waals surface area contributed by atoms with Crippen LogP contribution in [0, 0.1) is 19.3 Å². The molecule has 33 heavy (non-hydrogen) atoms. The maximum atomic E-state index is 14.7. The van der Waals surface area contributed by atoms with Gasteiger partial charge in [0, 0.05) is 40.6 Å². The first-order chi connectivity index (χ1) is 16.0. The molecule has 4 rings (SSSR count). The van der Waals surface area contributed by atoms with Gasteiger partial charge in [-0.15, -0.1) is 0 Å². The maximum Gasteiger partial charge on any atom is 0.224 e. The van der Waals surface area contributed by atoms with Gasteiger partial charge in [0.05, 0.1) is 12.3 Å². The van der Waals surface area contributed by atoms with E-state index in [2.05, 4.69) is 38.8 Å². The number of benzene rings is 1. The second-order valence-electron chi connectivity index (χ2n) is 7.50. The van der Waals surface area contributed by atoms with Crippen molar-refractivity contribution in [3.05, 3.63) is 53.3 Å². The number of hydrogen-bond acceptors (Lipinski definition) is 6. The summed E-state index contributed by atoms with van der Waals surface area (Å²) in [5, 5.41) is 18.2. The lowest BCUT2D eigenvalue weighted by atomic mass is 10.0. The van der Waals surface area contributed by atoms with Crippen molar-refractivity contribution < 1.29 is 13.9 Å². The maximum absolute atomic E-state index is 14.7. The minimum absolute atomic E-state index is 0.114. The minimum Gasteiger partial charge on any atom is -0.508 e. The van der Waals surface area contributed by atoms with Gasteiger partial charge < -0.3 is 14.4 Å². The van der Waals surface area contributed by atoms with E-state index < -0.39 is 5.82 Å². The van der Waals surface area contributed by atoms with Crippen LogP contribution in [0.1, 0.15) is 19.5 Å². The zero-order valence-corrected chi connectivity index (χ0v) is 19.5. The molecule has 0 atom stereocenters. The van der Waals surface area contributed by atoms with Crippen molar-refractivity contribution >= 4 is 28.5 Å². The van der Waals surface area contributed by atoms with Crippen molar-refractivity contribution in [3.8, 4) is 28.3 Å². The van der Waals surface area contributed by atoms with Gasteiger partial charge in [-0.05, 0) is 44.3 Å². The molecule has 0 unspecified atom stereocenters. The highest BCUT2D eigenvalue weighted by Crippen LogP contribution is 2.45. The number of furan rings is 1. The van der Waals surface area contributed by atoms with Gasteiger partial charge in [-0.25, -0.2) is 14.2 Å². The number of H-pyrrole nitrogens is 1. The Kier molecular flexibility index (Phi) is 6.67. The van der Waals surface area contributed by atoms with E-state index in [-0.39, 0.29) is 22.7 Å². The van der Waals surface area contributed by atoms with Crippen molar-refractivity contribution in [2.75, 3.05) is 25.4 Å². The number of thioether (sulfide) groups is 1. The first kappa shape index (κ1) is 22.8. The molecule has 2 N–H and O–H groups in total. The van der Waals surface area contributed by atoms with Crippen LogP contribution in [0.15, 0.2) is 39.8 Å². The summed E-state index contributed by atoms with van der Waals surface area (Å²) in [5.41, 5.74) is 2.07. The lowest BCUT2D eigenvalue weighted by molar-refractivity contribution is 0.323. The number of pyridine rings is 1. The fraction of sp³-hybridized carbons (Fsp3) is 0.292. The molecule has 9 heteroatoms. The van der Waals surface area contributed by atoms with Crippen molar-refractivity contribution in [2.45, 2.75) is 25.9 Å². The van der Waals surface area contributed by atoms with E-state index >= 15 is 0 Å². The smallest absolute Gasteiger partial charge is 0.224 e. The van der Waals surface area contributed by atoms with Crippen LogP contribution in [0.25, 0.3) is 38.5 Å². The Morgan fingerprint density at radius 2 is 2.03 bits per heavy atom. The third kappa shape index (κ3) is 4.45. The van der Waals surface area contributed by atoms with Gasteiger partial charge in [0.2, 0.25) is 5.69 Å². The number of phenolic OH excluding ortho intramolecular Hbond substituents is 1. The molecule has 0 aliphatic rings. The molecule has 3 aromatic heterocycles. The number of fused-ring (bicyclic) bond motifs is 1. The van der Waals surface area contributed by atoms with Crippen LogP contribution in [0.5, 0.6) is 5.75 Å². The molecule has 4 aromatic rings. The number of aromatic hydroxyl groups is 1. The van der Waals surface area contributed by atoms with Gasteiger partial charge in [-0.3, -0.25) is 5.10 Å². The molecule has 0 fully saturated rings. The number of aromatic nitrogens is 3. The van der Waals surface area contributed by atoms with Crippen molar-refractivity contribution in [2.24, 2.45) is 0 Å². The molecule has 3 heterocycles. The highest BCUT2D eigenvalue weighted by atomic mass is 32.2. The second-order valence-corrected chi connectivity index (χ2v) is 8.60.